The summed E-state index contributed by atoms with van der Waals surface area (Å²) >= 11 is 0. The van der Waals surface area contributed by atoms with Crippen LogP contribution in [0.15, 0.2) is 24.3 Å². The summed E-state index contributed by atoms with van der Waals surface area (Å²) in [7, 11) is 0. The van der Waals surface area contributed by atoms with Crippen molar-refractivity contribution in [2.75, 3.05) is 13.2 Å². The zero-order valence-corrected chi connectivity index (χ0v) is 13.1. The van der Waals surface area contributed by atoms with Gasteiger partial charge in [-0.15, -0.1) is 0 Å². The average Bonchev–Trinajstić information content (AvgIpc) is 2.42. The number of hydrogen-bond acceptors (Lipinski definition) is 3. The average molecular weight is 292 g/mol. The third-order valence-corrected chi connectivity index (χ3v) is 2.54. The molecule has 0 atom stereocenters. The Morgan fingerprint density at radius 2 is 1.90 bits per heavy atom. The summed E-state index contributed by atoms with van der Waals surface area (Å²) in [6.45, 7) is 8.42. The van der Waals surface area contributed by atoms with Crippen LogP contribution >= 0.6 is 0 Å². The van der Waals surface area contributed by atoms with Crippen molar-refractivity contribution >= 4 is 11.8 Å². The molecule has 21 heavy (non-hydrogen) atoms. The number of carbonyl (C=O) groups excluding carboxylic acids is 2. The lowest BCUT2D eigenvalue weighted by Crippen LogP contribution is -2.39. The molecule has 0 spiro atoms. The highest BCUT2D eigenvalue weighted by Gasteiger charge is 2.09. The number of rotatable bonds is 7. The first-order chi connectivity index (χ1) is 9.88. The number of amides is 2. The molecule has 0 aromatic heterocycles. The van der Waals surface area contributed by atoms with Gasteiger partial charge in [0, 0.05) is 11.6 Å². The van der Waals surface area contributed by atoms with E-state index in [4.69, 9.17) is 4.74 Å². The van der Waals surface area contributed by atoms with Gasteiger partial charge in [-0.2, -0.15) is 0 Å². The Bertz CT molecular complexity index is 484. The minimum absolute atomic E-state index is 0.0336. The first-order valence-corrected chi connectivity index (χ1v) is 7.19. The summed E-state index contributed by atoms with van der Waals surface area (Å²) < 4.78 is 5.58. The molecule has 0 saturated carbocycles. The maximum absolute atomic E-state index is 12.0. The molecule has 0 heterocycles. The normalized spacial score (nSPS) is 10.6. The van der Waals surface area contributed by atoms with Gasteiger partial charge >= 0.3 is 0 Å². The molecule has 2 N–H and O–H groups in total. The zero-order valence-electron chi connectivity index (χ0n) is 13.1. The first-order valence-electron chi connectivity index (χ1n) is 7.19. The van der Waals surface area contributed by atoms with Crippen LogP contribution in [0.1, 0.15) is 38.1 Å². The van der Waals surface area contributed by atoms with Crippen LogP contribution in [0.2, 0.25) is 0 Å². The summed E-state index contributed by atoms with van der Waals surface area (Å²) in [5, 5.41) is 5.30. The molecular weight excluding hydrogens is 268 g/mol. The topological polar surface area (TPSA) is 67.4 Å². The van der Waals surface area contributed by atoms with Gasteiger partial charge in [-0.05, 0) is 38.0 Å². The van der Waals surface area contributed by atoms with Gasteiger partial charge in [-0.3, -0.25) is 9.59 Å². The summed E-state index contributed by atoms with van der Waals surface area (Å²) in [5.41, 5.74) is 0.480. The van der Waals surface area contributed by atoms with E-state index in [9.17, 15) is 9.59 Å². The first kappa shape index (κ1) is 17.0. The highest BCUT2D eigenvalue weighted by atomic mass is 16.5. The Hall–Kier alpha value is -2.04. The van der Waals surface area contributed by atoms with Crippen LogP contribution < -0.4 is 15.4 Å². The maximum Gasteiger partial charge on any atom is 0.251 e. The second kappa shape index (κ2) is 8.29. The molecule has 0 aliphatic rings. The van der Waals surface area contributed by atoms with Crippen LogP contribution in [0.25, 0.3) is 0 Å². The Morgan fingerprint density at radius 3 is 2.52 bits per heavy atom. The van der Waals surface area contributed by atoms with Crippen molar-refractivity contribution in [3.05, 3.63) is 29.8 Å². The molecule has 0 bridgehead atoms. The van der Waals surface area contributed by atoms with Crippen molar-refractivity contribution in [2.45, 2.75) is 33.7 Å². The minimum Gasteiger partial charge on any atom is -0.493 e. The molecule has 1 aromatic carbocycles. The monoisotopic (exact) mass is 292 g/mol. The second-order valence-corrected chi connectivity index (χ2v) is 5.64. The van der Waals surface area contributed by atoms with Crippen molar-refractivity contribution in [1.82, 2.24) is 10.6 Å². The molecule has 116 valence electrons. The number of nitrogens with one attached hydrogen (secondary N) is 2. The van der Waals surface area contributed by atoms with E-state index in [0.29, 0.717) is 23.8 Å². The van der Waals surface area contributed by atoms with Gasteiger partial charge < -0.3 is 15.4 Å². The van der Waals surface area contributed by atoms with E-state index in [1.54, 1.807) is 18.2 Å². The summed E-state index contributed by atoms with van der Waals surface area (Å²) in [4.78, 5) is 23.5. The van der Waals surface area contributed by atoms with Gasteiger partial charge in [0.25, 0.3) is 5.91 Å². The van der Waals surface area contributed by atoms with Crippen molar-refractivity contribution < 1.29 is 14.3 Å². The van der Waals surface area contributed by atoms with Gasteiger partial charge in [0.2, 0.25) is 5.91 Å². The van der Waals surface area contributed by atoms with E-state index in [1.165, 1.54) is 0 Å². The summed E-state index contributed by atoms with van der Waals surface area (Å²) in [6.07, 6.45) is 0. The molecule has 1 rings (SSSR count). The maximum atomic E-state index is 12.0. The van der Waals surface area contributed by atoms with Crippen LogP contribution in [0.5, 0.6) is 5.75 Å². The van der Waals surface area contributed by atoms with Crippen LogP contribution in [-0.2, 0) is 4.79 Å². The highest BCUT2D eigenvalue weighted by Crippen LogP contribution is 2.14. The number of carbonyl (C=O) groups is 2. The Morgan fingerprint density at radius 1 is 1.19 bits per heavy atom. The molecular formula is C16H24N2O3. The SMILES string of the molecule is CC(C)COc1cccc(C(=O)NCC(=O)NC(C)C)c1. The molecule has 2 amide bonds. The largest absolute Gasteiger partial charge is 0.493 e. The fourth-order valence-corrected chi connectivity index (χ4v) is 1.63. The van der Waals surface area contributed by atoms with Crippen molar-refractivity contribution in [3.8, 4) is 5.75 Å². The second-order valence-electron chi connectivity index (χ2n) is 5.64. The third kappa shape index (κ3) is 6.79. The van der Waals surface area contributed by atoms with Crippen LogP contribution in [0.4, 0.5) is 0 Å². The predicted molar refractivity (Wildman–Crippen MR) is 82.4 cm³/mol. The van der Waals surface area contributed by atoms with Gasteiger partial charge in [0.05, 0.1) is 13.2 Å². The fraction of sp³-hybridized carbons (Fsp3) is 0.500. The Labute approximate surface area is 126 Å². The molecule has 1 aromatic rings. The Kier molecular flexibility index (Phi) is 6.72. The van der Waals surface area contributed by atoms with E-state index < -0.39 is 0 Å². The number of hydrogen-bond donors (Lipinski definition) is 2. The van der Waals surface area contributed by atoms with E-state index in [-0.39, 0.29) is 24.4 Å². The molecule has 0 radical (unpaired) electrons. The van der Waals surface area contributed by atoms with Crippen molar-refractivity contribution in [3.63, 3.8) is 0 Å². The quantitative estimate of drug-likeness (QED) is 0.807. The van der Waals surface area contributed by atoms with Crippen LogP contribution in [-0.4, -0.2) is 31.0 Å². The molecule has 0 unspecified atom stereocenters. The van der Waals surface area contributed by atoms with E-state index in [0.717, 1.165) is 0 Å². The summed E-state index contributed by atoms with van der Waals surface area (Å²) in [6, 6.07) is 7.00. The van der Waals surface area contributed by atoms with E-state index in [1.807, 2.05) is 19.9 Å². The van der Waals surface area contributed by atoms with Gasteiger partial charge in [0.15, 0.2) is 0 Å². The molecule has 0 aliphatic heterocycles. The molecule has 0 fully saturated rings. The molecule has 5 nitrogen and oxygen atoms in total. The van der Waals surface area contributed by atoms with E-state index in [2.05, 4.69) is 24.5 Å². The standard InChI is InChI=1S/C16H24N2O3/c1-11(2)10-21-14-7-5-6-13(8-14)16(20)17-9-15(19)18-12(3)4/h5-8,11-12H,9-10H2,1-4H3,(H,17,20)(H,18,19). The fourth-order valence-electron chi connectivity index (χ4n) is 1.63. The van der Waals surface area contributed by atoms with Crippen molar-refractivity contribution in [2.24, 2.45) is 5.92 Å². The highest BCUT2D eigenvalue weighted by molar-refractivity contribution is 5.96. The molecule has 0 saturated heterocycles. The van der Waals surface area contributed by atoms with E-state index >= 15 is 0 Å². The number of ether oxygens (including phenoxy) is 1. The van der Waals surface area contributed by atoms with Crippen LogP contribution in [0.3, 0.4) is 0 Å². The zero-order chi connectivity index (χ0) is 15.8. The number of benzene rings is 1. The molecule has 0 aliphatic carbocycles. The van der Waals surface area contributed by atoms with Gasteiger partial charge in [-0.25, -0.2) is 0 Å². The lowest BCUT2D eigenvalue weighted by Gasteiger charge is -2.11. The predicted octanol–water partition coefficient (Wildman–Crippen LogP) is 1.98. The van der Waals surface area contributed by atoms with Crippen LogP contribution in [0, 0.1) is 5.92 Å². The molecule has 5 heteroatoms. The smallest absolute Gasteiger partial charge is 0.251 e. The van der Waals surface area contributed by atoms with Gasteiger partial charge in [-0.1, -0.05) is 19.9 Å². The third-order valence-electron chi connectivity index (χ3n) is 2.54. The summed E-state index contributed by atoms with van der Waals surface area (Å²) in [5.74, 6) is 0.583. The van der Waals surface area contributed by atoms with Crippen molar-refractivity contribution in [1.29, 1.82) is 0 Å². The Balaban J connectivity index is 2.54. The lowest BCUT2D eigenvalue weighted by molar-refractivity contribution is -0.120. The lowest BCUT2D eigenvalue weighted by atomic mass is 10.2. The van der Waals surface area contributed by atoms with Gasteiger partial charge in [0.1, 0.15) is 5.75 Å². The minimum atomic E-state index is -0.288.